The first kappa shape index (κ1) is 15.3. The van der Waals surface area contributed by atoms with Crippen molar-refractivity contribution in [2.45, 2.75) is 11.0 Å². The molecule has 1 atom stereocenters. The van der Waals surface area contributed by atoms with Gasteiger partial charge in [0.2, 0.25) is 10.0 Å². The van der Waals surface area contributed by atoms with E-state index in [0.717, 1.165) is 18.2 Å². The molecule has 1 unspecified atom stereocenters. The van der Waals surface area contributed by atoms with Crippen molar-refractivity contribution in [3.05, 3.63) is 29.0 Å². The van der Waals surface area contributed by atoms with Crippen LogP contribution in [0.1, 0.15) is 0 Å². The maximum absolute atomic E-state index is 12.9. The van der Waals surface area contributed by atoms with Crippen LogP contribution in [0.5, 0.6) is 0 Å². The minimum atomic E-state index is -3.83. The topological polar surface area (TPSA) is 75.6 Å². The summed E-state index contributed by atoms with van der Waals surface area (Å²) in [4.78, 5) is -0.168. The van der Waals surface area contributed by atoms with Crippen LogP contribution in [0.2, 0.25) is 5.02 Å². The molecule has 102 valence electrons. The molecule has 0 fully saturated rings. The Bertz CT molecular complexity index is 509. The Kier molecular flexibility index (Phi) is 5.48. The molecule has 0 heterocycles. The van der Waals surface area contributed by atoms with Crippen LogP contribution in [-0.4, -0.2) is 39.9 Å². The predicted octanol–water partition coefficient (Wildman–Crippen LogP) is 0.765. The van der Waals surface area contributed by atoms with Crippen molar-refractivity contribution < 1.29 is 22.7 Å². The van der Waals surface area contributed by atoms with Gasteiger partial charge in [-0.25, -0.2) is 17.5 Å². The third-order valence-corrected chi connectivity index (χ3v) is 3.78. The van der Waals surface area contributed by atoms with Crippen LogP contribution in [0.15, 0.2) is 23.1 Å². The first-order valence-corrected chi connectivity index (χ1v) is 6.84. The summed E-state index contributed by atoms with van der Waals surface area (Å²) in [6, 6.07) is 3.05. The number of aliphatic hydroxyl groups excluding tert-OH is 1. The molecule has 0 bridgehead atoms. The normalized spacial score (nSPS) is 13.6. The summed E-state index contributed by atoms with van der Waals surface area (Å²) < 4.78 is 43.2. The van der Waals surface area contributed by atoms with Crippen LogP contribution >= 0.6 is 11.6 Å². The number of benzene rings is 1. The zero-order valence-corrected chi connectivity index (χ0v) is 11.1. The molecule has 2 N–H and O–H groups in total. The molecule has 0 aliphatic rings. The second-order valence-corrected chi connectivity index (χ2v) is 5.71. The van der Waals surface area contributed by atoms with E-state index in [0.29, 0.717) is 0 Å². The van der Waals surface area contributed by atoms with Crippen molar-refractivity contribution in [2.24, 2.45) is 0 Å². The first-order chi connectivity index (χ1) is 8.36. The molecular weight excluding hydrogens is 285 g/mol. The van der Waals surface area contributed by atoms with Crippen molar-refractivity contribution >= 4 is 21.6 Å². The quantitative estimate of drug-likeness (QED) is 0.813. The van der Waals surface area contributed by atoms with Gasteiger partial charge in [0.15, 0.2) is 0 Å². The number of hydrogen-bond donors (Lipinski definition) is 2. The predicted molar refractivity (Wildman–Crippen MR) is 64.5 cm³/mol. The highest BCUT2D eigenvalue weighted by atomic mass is 35.5. The van der Waals surface area contributed by atoms with E-state index in [2.05, 4.69) is 9.46 Å². The molecule has 0 saturated carbocycles. The molecule has 0 saturated heterocycles. The smallest absolute Gasteiger partial charge is 0.240 e. The Morgan fingerprint density at radius 1 is 1.56 bits per heavy atom. The highest BCUT2D eigenvalue weighted by Crippen LogP contribution is 2.19. The Morgan fingerprint density at radius 3 is 2.78 bits per heavy atom. The van der Waals surface area contributed by atoms with Crippen LogP contribution in [0, 0.1) is 5.82 Å². The van der Waals surface area contributed by atoms with E-state index in [1.807, 2.05) is 0 Å². The molecule has 0 amide bonds. The fraction of sp³-hybridized carbons (Fsp3) is 0.400. The van der Waals surface area contributed by atoms with Crippen molar-refractivity contribution in [3.8, 4) is 0 Å². The summed E-state index contributed by atoms with van der Waals surface area (Å²) in [7, 11) is -2.44. The molecule has 0 aliphatic heterocycles. The fourth-order valence-electron chi connectivity index (χ4n) is 1.18. The van der Waals surface area contributed by atoms with E-state index in [1.165, 1.54) is 7.11 Å². The van der Waals surface area contributed by atoms with Crippen molar-refractivity contribution in [1.82, 2.24) is 4.72 Å². The number of rotatable bonds is 6. The number of nitrogens with one attached hydrogen (secondary N) is 1. The highest BCUT2D eigenvalue weighted by molar-refractivity contribution is 7.89. The maximum Gasteiger partial charge on any atom is 0.240 e. The van der Waals surface area contributed by atoms with Gasteiger partial charge in [-0.05, 0) is 18.2 Å². The van der Waals surface area contributed by atoms with Crippen LogP contribution in [-0.2, 0) is 14.8 Å². The van der Waals surface area contributed by atoms with Gasteiger partial charge in [0.1, 0.15) is 5.82 Å². The van der Waals surface area contributed by atoms with Gasteiger partial charge in [-0.3, -0.25) is 0 Å². The molecule has 0 radical (unpaired) electrons. The van der Waals surface area contributed by atoms with E-state index in [1.54, 1.807) is 0 Å². The van der Waals surface area contributed by atoms with Crippen molar-refractivity contribution in [1.29, 1.82) is 0 Å². The van der Waals surface area contributed by atoms with Crippen LogP contribution in [0.4, 0.5) is 4.39 Å². The zero-order chi connectivity index (χ0) is 13.8. The summed E-state index contributed by atoms with van der Waals surface area (Å²) >= 11 is 5.50. The van der Waals surface area contributed by atoms with Gasteiger partial charge in [0, 0.05) is 13.7 Å². The molecule has 1 rings (SSSR count). The third-order valence-electron chi connectivity index (χ3n) is 2.07. The first-order valence-electron chi connectivity index (χ1n) is 4.98. The standard InChI is InChI=1S/C10H13ClFNO4S/c1-17-6-7(14)5-13-18(15,16)8-2-3-10(12)9(11)4-8/h2-4,7,13-14H,5-6H2,1H3. The van der Waals surface area contributed by atoms with E-state index in [9.17, 15) is 17.9 Å². The molecule has 5 nitrogen and oxygen atoms in total. The van der Waals surface area contributed by atoms with Gasteiger partial charge in [-0.2, -0.15) is 0 Å². The van der Waals surface area contributed by atoms with Crippen LogP contribution in [0.25, 0.3) is 0 Å². The molecule has 0 aliphatic carbocycles. The lowest BCUT2D eigenvalue weighted by Crippen LogP contribution is -2.34. The minimum absolute atomic E-state index is 0.00664. The van der Waals surface area contributed by atoms with Crippen molar-refractivity contribution in [2.75, 3.05) is 20.3 Å². The average Bonchev–Trinajstić information content (AvgIpc) is 2.30. The number of halogens is 2. The summed E-state index contributed by atoms with van der Waals surface area (Å²) in [5.41, 5.74) is 0. The van der Waals surface area contributed by atoms with E-state index in [4.69, 9.17) is 11.6 Å². The van der Waals surface area contributed by atoms with Gasteiger partial charge in [-0.15, -0.1) is 0 Å². The largest absolute Gasteiger partial charge is 0.389 e. The molecule has 0 aromatic heterocycles. The Hall–Kier alpha value is -0.730. The summed E-state index contributed by atoms with van der Waals surface area (Å²) in [6.07, 6.45) is -0.958. The van der Waals surface area contributed by atoms with Gasteiger partial charge in [-0.1, -0.05) is 11.6 Å². The monoisotopic (exact) mass is 297 g/mol. The van der Waals surface area contributed by atoms with Gasteiger partial charge in [0.05, 0.1) is 22.6 Å². The Balaban J connectivity index is 2.77. The lowest BCUT2D eigenvalue weighted by molar-refractivity contribution is 0.0679. The van der Waals surface area contributed by atoms with Crippen LogP contribution < -0.4 is 4.72 Å². The summed E-state index contributed by atoms with van der Waals surface area (Å²) in [6.45, 7) is -0.197. The van der Waals surface area contributed by atoms with Crippen molar-refractivity contribution in [3.63, 3.8) is 0 Å². The van der Waals surface area contributed by atoms with E-state index >= 15 is 0 Å². The van der Waals surface area contributed by atoms with Gasteiger partial charge >= 0.3 is 0 Å². The molecule has 1 aromatic rings. The second-order valence-electron chi connectivity index (χ2n) is 3.54. The average molecular weight is 298 g/mol. The molecule has 18 heavy (non-hydrogen) atoms. The van der Waals surface area contributed by atoms with Gasteiger partial charge in [0.25, 0.3) is 0 Å². The minimum Gasteiger partial charge on any atom is -0.389 e. The molecular formula is C10H13ClFNO4S. The van der Waals surface area contributed by atoms with Crippen LogP contribution in [0.3, 0.4) is 0 Å². The maximum atomic E-state index is 12.9. The molecule has 8 heteroatoms. The summed E-state index contributed by atoms with van der Waals surface area (Å²) in [5.74, 6) is -0.699. The molecule has 0 spiro atoms. The fourth-order valence-corrected chi connectivity index (χ4v) is 2.53. The highest BCUT2D eigenvalue weighted by Gasteiger charge is 2.17. The number of methoxy groups -OCH3 is 1. The number of sulfonamides is 1. The zero-order valence-electron chi connectivity index (χ0n) is 9.56. The number of hydrogen-bond acceptors (Lipinski definition) is 4. The Morgan fingerprint density at radius 2 is 2.22 bits per heavy atom. The molecule has 1 aromatic carbocycles. The summed E-state index contributed by atoms with van der Waals surface area (Å²) in [5, 5.41) is 9.04. The third kappa shape index (κ3) is 4.18. The second kappa shape index (κ2) is 6.44. The number of aliphatic hydroxyl groups is 1. The SMILES string of the molecule is COCC(O)CNS(=O)(=O)c1ccc(F)c(Cl)c1. The number of ether oxygens (including phenoxy) is 1. The van der Waals surface area contributed by atoms with Gasteiger partial charge < -0.3 is 9.84 Å². The lowest BCUT2D eigenvalue weighted by atomic mass is 10.3. The van der Waals surface area contributed by atoms with E-state index < -0.39 is 21.9 Å². The Labute approximate surface area is 110 Å². The lowest BCUT2D eigenvalue weighted by Gasteiger charge is -2.11. The van der Waals surface area contributed by atoms with E-state index in [-0.39, 0.29) is 23.1 Å².